The van der Waals surface area contributed by atoms with Gasteiger partial charge in [0.15, 0.2) is 0 Å². The van der Waals surface area contributed by atoms with Crippen LogP contribution in [0.3, 0.4) is 0 Å². The molecular formula is C28H26SiSn. The predicted octanol–water partition coefficient (Wildman–Crippen LogP) is 4.53. The Labute approximate surface area is 190 Å². The average Bonchev–Trinajstić information content (AvgIpc) is 2.81. The van der Waals surface area contributed by atoms with Gasteiger partial charge in [0.25, 0.3) is 0 Å². The number of hydrogen-bond donors (Lipinski definition) is 0. The maximum atomic E-state index is 3.21. The van der Waals surface area contributed by atoms with Crippen LogP contribution >= 0.6 is 0 Å². The Morgan fingerprint density at radius 1 is 0.500 bits per heavy atom. The van der Waals surface area contributed by atoms with E-state index in [1.165, 1.54) is 10.7 Å². The molecule has 4 rings (SSSR count). The van der Waals surface area contributed by atoms with Crippen LogP contribution in [0.2, 0.25) is 13.1 Å². The summed E-state index contributed by atoms with van der Waals surface area (Å²) in [6.07, 6.45) is 0. The van der Waals surface area contributed by atoms with Crippen molar-refractivity contribution in [1.82, 2.24) is 0 Å². The molecule has 0 saturated heterocycles. The van der Waals surface area contributed by atoms with Gasteiger partial charge in [0.1, 0.15) is 8.80 Å². The van der Waals surface area contributed by atoms with E-state index in [1.54, 1.807) is 0 Å². The summed E-state index contributed by atoms with van der Waals surface area (Å²) in [6, 6.07) is 43.1. The molecule has 0 aliphatic carbocycles. The molecule has 2 radical (unpaired) electrons. The Kier molecular flexibility index (Phi) is 9.02. The molecule has 0 spiro atoms. The SMILES string of the molecule is C[Si](C)C#Cc1ccccc1.c1cc[c]([Sn]([c]2ccccc2)[c]2ccccc2)cc1. The molecule has 0 amide bonds. The van der Waals surface area contributed by atoms with E-state index in [9.17, 15) is 0 Å². The van der Waals surface area contributed by atoms with E-state index in [0.717, 1.165) is 5.56 Å². The summed E-state index contributed by atoms with van der Waals surface area (Å²) in [5.74, 6) is 3.14. The van der Waals surface area contributed by atoms with Crippen molar-refractivity contribution in [1.29, 1.82) is 0 Å². The maximum absolute atomic E-state index is 3.21. The van der Waals surface area contributed by atoms with Crippen molar-refractivity contribution >= 4 is 39.3 Å². The first-order valence-corrected chi connectivity index (χ1v) is 16.9. The molecule has 146 valence electrons. The van der Waals surface area contributed by atoms with E-state index in [4.69, 9.17) is 0 Å². The van der Waals surface area contributed by atoms with Gasteiger partial charge < -0.3 is 0 Å². The summed E-state index contributed by atoms with van der Waals surface area (Å²) in [7, 11) is -0.393. The molecule has 4 aromatic rings. The van der Waals surface area contributed by atoms with Crippen LogP contribution in [0.1, 0.15) is 5.56 Å². The van der Waals surface area contributed by atoms with Crippen LogP contribution < -0.4 is 10.7 Å². The predicted molar refractivity (Wildman–Crippen MR) is 135 cm³/mol. The molecule has 0 saturated carbocycles. The molecule has 0 nitrogen and oxygen atoms in total. The van der Waals surface area contributed by atoms with E-state index < -0.39 is 28.6 Å². The zero-order chi connectivity index (χ0) is 21.0. The van der Waals surface area contributed by atoms with Gasteiger partial charge in [0.2, 0.25) is 0 Å². The Bertz CT molecular complexity index is 957. The molecule has 0 heterocycles. The van der Waals surface area contributed by atoms with Gasteiger partial charge in [0, 0.05) is 5.56 Å². The van der Waals surface area contributed by atoms with Crippen molar-refractivity contribution in [3.8, 4) is 11.5 Å². The summed E-state index contributed by atoms with van der Waals surface area (Å²) < 4.78 is 4.59. The minimum atomic E-state index is -1.98. The number of rotatable bonds is 3. The quantitative estimate of drug-likeness (QED) is 0.281. The van der Waals surface area contributed by atoms with Crippen molar-refractivity contribution in [2.75, 3.05) is 0 Å². The molecule has 0 aliphatic rings. The fourth-order valence-electron chi connectivity index (χ4n) is 3.03. The standard InChI is InChI=1S/C10H11Si.3C6H5.Sn/c1-11(2)9-8-10-6-4-3-5-7-10;3*1-2-4-6-5-3-1;/h3-7H,1-2H3;3*1-5H;. The van der Waals surface area contributed by atoms with Crippen LogP contribution in [0.25, 0.3) is 0 Å². The van der Waals surface area contributed by atoms with Gasteiger partial charge in [-0.1, -0.05) is 37.2 Å². The average molecular weight is 509 g/mol. The molecular weight excluding hydrogens is 483 g/mol. The van der Waals surface area contributed by atoms with Gasteiger partial charge in [-0.2, -0.15) is 0 Å². The molecule has 0 bridgehead atoms. The van der Waals surface area contributed by atoms with E-state index in [-0.39, 0.29) is 0 Å². The van der Waals surface area contributed by atoms with Crippen molar-refractivity contribution in [3.63, 3.8) is 0 Å². The second-order valence-corrected chi connectivity index (χ2v) is 16.4. The molecule has 30 heavy (non-hydrogen) atoms. The zero-order valence-electron chi connectivity index (χ0n) is 17.5. The first-order chi connectivity index (χ1) is 14.7. The third kappa shape index (κ3) is 7.05. The van der Waals surface area contributed by atoms with Crippen LogP contribution in [0.5, 0.6) is 0 Å². The van der Waals surface area contributed by atoms with Crippen LogP contribution in [0, 0.1) is 11.5 Å². The fourth-order valence-corrected chi connectivity index (χ4v) is 10.8. The van der Waals surface area contributed by atoms with E-state index in [2.05, 4.69) is 116 Å². The third-order valence-electron chi connectivity index (χ3n) is 4.42. The second-order valence-electron chi connectivity index (χ2n) is 7.09. The normalized spacial score (nSPS) is 10.0. The minimum absolute atomic E-state index is 0.393. The van der Waals surface area contributed by atoms with Crippen molar-refractivity contribution in [2.24, 2.45) is 0 Å². The van der Waals surface area contributed by atoms with Crippen molar-refractivity contribution in [3.05, 3.63) is 127 Å². The summed E-state index contributed by atoms with van der Waals surface area (Å²) in [4.78, 5) is 0. The van der Waals surface area contributed by atoms with Gasteiger partial charge in [-0.05, 0) is 12.1 Å². The van der Waals surface area contributed by atoms with Crippen LogP contribution in [0.4, 0.5) is 0 Å². The number of hydrogen-bond acceptors (Lipinski definition) is 0. The van der Waals surface area contributed by atoms with Crippen LogP contribution in [0.15, 0.2) is 121 Å². The summed E-state index contributed by atoms with van der Waals surface area (Å²) >= 11 is -1.98. The molecule has 0 aliphatic heterocycles. The van der Waals surface area contributed by atoms with Crippen LogP contribution in [-0.4, -0.2) is 28.6 Å². The topological polar surface area (TPSA) is 0 Å². The summed E-state index contributed by atoms with van der Waals surface area (Å²) in [5, 5.41) is 0. The van der Waals surface area contributed by atoms with Gasteiger partial charge in [-0.25, -0.2) is 0 Å². The molecule has 0 aromatic heterocycles. The molecule has 0 fully saturated rings. The molecule has 2 heteroatoms. The van der Waals surface area contributed by atoms with E-state index in [0.29, 0.717) is 0 Å². The zero-order valence-corrected chi connectivity index (χ0v) is 21.4. The first kappa shape index (κ1) is 22.1. The monoisotopic (exact) mass is 510 g/mol. The van der Waals surface area contributed by atoms with Gasteiger partial charge in [-0.15, -0.1) is 5.54 Å². The molecule has 0 unspecified atom stereocenters. The molecule has 0 atom stereocenters. The molecule has 4 aromatic carbocycles. The third-order valence-corrected chi connectivity index (χ3v) is 12.8. The molecule has 0 N–H and O–H groups in total. The van der Waals surface area contributed by atoms with Crippen molar-refractivity contribution in [2.45, 2.75) is 13.1 Å². The van der Waals surface area contributed by atoms with Gasteiger partial charge in [0.05, 0.1) is 0 Å². The fraction of sp³-hybridized carbons (Fsp3) is 0.0714. The van der Waals surface area contributed by atoms with Gasteiger partial charge in [-0.3, -0.25) is 0 Å². The second kappa shape index (κ2) is 12.2. The Morgan fingerprint density at radius 2 is 0.833 bits per heavy atom. The van der Waals surface area contributed by atoms with E-state index in [1.807, 2.05) is 30.3 Å². The van der Waals surface area contributed by atoms with Crippen molar-refractivity contribution < 1.29 is 0 Å². The number of benzene rings is 4. The van der Waals surface area contributed by atoms with Crippen LogP contribution in [-0.2, 0) is 0 Å². The van der Waals surface area contributed by atoms with E-state index >= 15 is 0 Å². The van der Waals surface area contributed by atoms with Gasteiger partial charge >= 0.3 is 121 Å². The summed E-state index contributed by atoms with van der Waals surface area (Å²) in [6.45, 7) is 4.39. The Hall–Kier alpha value is -2.54. The Morgan fingerprint density at radius 3 is 1.17 bits per heavy atom. The Balaban J connectivity index is 0.000000199. The first-order valence-electron chi connectivity index (χ1n) is 10.1. The summed E-state index contributed by atoms with van der Waals surface area (Å²) in [5.41, 5.74) is 4.34.